The third-order valence-electron chi connectivity index (χ3n) is 4.61. The number of hydrogen-bond donors (Lipinski definition) is 2. The first kappa shape index (κ1) is 21.3. The maximum atomic E-state index is 13.0. The Morgan fingerprint density at radius 1 is 1.19 bits per heavy atom. The molecule has 150 valence electrons. The maximum absolute atomic E-state index is 13.0. The summed E-state index contributed by atoms with van der Waals surface area (Å²) in [4.78, 5) is 12.7. The Bertz CT molecular complexity index is 886. The van der Waals surface area contributed by atoms with E-state index < -0.39 is 33.6 Å². The molecule has 1 amide bonds. The number of anilines is 2. The molecule has 0 aliphatic heterocycles. The molecule has 27 heavy (non-hydrogen) atoms. The molecule has 1 fully saturated rings. The van der Waals surface area contributed by atoms with Gasteiger partial charge in [-0.3, -0.25) is 9.52 Å². The van der Waals surface area contributed by atoms with E-state index in [4.69, 9.17) is 0 Å². The Morgan fingerprint density at radius 2 is 1.78 bits per heavy atom. The second kappa shape index (κ2) is 6.85. The summed E-state index contributed by atoms with van der Waals surface area (Å²) in [7, 11) is -3.73. The van der Waals surface area contributed by atoms with Gasteiger partial charge in [-0.25, -0.2) is 8.42 Å². The highest BCUT2D eigenvalue weighted by atomic mass is 32.2. The van der Waals surface area contributed by atoms with Crippen molar-refractivity contribution in [3.05, 3.63) is 35.4 Å². The van der Waals surface area contributed by atoms with Crippen molar-refractivity contribution in [2.45, 2.75) is 33.9 Å². The molecule has 0 radical (unpaired) electrons. The Hall–Kier alpha value is -2.03. The van der Waals surface area contributed by atoms with Gasteiger partial charge in [0.05, 0.1) is 29.1 Å². The van der Waals surface area contributed by atoms with Crippen molar-refractivity contribution in [2.75, 3.05) is 16.3 Å². The molecule has 0 aromatic heterocycles. The molecule has 2 rings (SSSR count). The lowest BCUT2D eigenvalue weighted by atomic mass is 10.1. The van der Waals surface area contributed by atoms with Crippen molar-refractivity contribution < 1.29 is 26.4 Å². The smallest absolute Gasteiger partial charge is 0.324 e. The molecule has 1 aliphatic rings. The van der Waals surface area contributed by atoms with Gasteiger partial charge in [0.25, 0.3) is 0 Å². The van der Waals surface area contributed by atoms with Gasteiger partial charge in [-0.15, -0.1) is 0 Å². The lowest BCUT2D eigenvalue weighted by Crippen LogP contribution is -2.20. The van der Waals surface area contributed by atoms with E-state index in [0.29, 0.717) is 0 Å². The summed E-state index contributed by atoms with van der Waals surface area (Å²) in [6.45, 7) is 7.63. The van der Waals surface area contributed by atoms with Crippen LogP contribution in [-0.4, -0.2) is 20.6 Å². The average Bonchev–Trinajstić information content (AvgIpc) is 2.98. The Morgan fingerprint density at radius 3 is 2.26 bits per heavy atom. The molecule has 2 atom stereocenters. The van der Waals surface area contributed by atoms with E-state index in [1.807, 2.05) is 33.8 Å². The van der Waals surface area contributed by atoms with E-state index in [9.17, 15) is 26.4 Å². The molecule has 0 saturated heterocycles. The number of hydrogen-bond acceptors (Lipinski definition) is 3. The minimum Gasteiger partial charge on any atom is -0.324 e. The number of amides is 1. The highest BCUT2D eigenvalue weighted by Gasteiger charge is 2.60. The number of allylic oxidation sites excluding steroid dienone is 2. The highest BCUT2D eigenvalue weighted by Crippen LogP contribution is 2.59. The Balaban J connectivity index is 2.35. The van der Waals surface area contributed by atoms with Crippen molar-refractivity contribution in [1.82, 2.24) is 0 Å². The zero-order valence-corrected chi connectivity index (χ0v) is 16.5. The maximum Gasteiger partial charge on any atom is 0.416 e. The minimum absolute atomic E-state index is 0.0281. The van der Waals surface area contributed by atoms with E-state index >= 15 is 0 Å². The van der Waals surface area contributed by atoms with Crippen LogP contribution in [0.1, 0.15) is 33.3 Å². The van der Waals surface area contributed by atoms with E-state index in [2.05, 4.69) is 10.0 Å². The molecule has 1 aromatic rings. The SMILES string of the molecule is CC(C)=C[C@@H]1[C@@H](C(=O)Nc2cc(C(F)(F)F)ccc2NS(C)(=O)=O)C1(C)C. The third kappa shape index (κ3) is 5.03. The zero-order chi connectivity index (χ0) is 20.8. The number of alkyl halides is 3. The van der Waals surface area contributed by atoms with Crippen molar-refractivity contribution in [3.8, 4) is 0 Å². The lowest BCUT2D eigenvalue weighted by Gasteiger charge is -2.15. The van der Waals surface area contributed by atoms with Gasteiger partial charge < -0.3 is 5.32 Å². The summed E-state index contributed by atoms with van der Waals surface area (Å²) in [5.74, 6) is -0.883. The summed E-state index contributed by atoms with van der Waals surface area (Å²) in [6, 6.07) is 2.48. The van der Waals surface area contributed by atoms with Crippen molar-refractivity contribution in [3.63, 3.8) is 0 Å². The second-order valence-corrected chi connectivity index (χ2v) is 9.44. The van der Waals surface area contributed by atoms with Gasteiger partial charge in [0.2, 0.25) is 15.9 Å². The number of benzene rings is 1. The van der Waals surface area contributed by atoms with Crippen LogP contribution in [0.4, 0.5) is 24.5 Å². The lowest BCUT2D eigenvalue weighted by molar-refractivity contribution is -0.137. The van der Waals surface area contributed by atoms with Crippen LogP contribution >= 0.6 is 0 Å². The summed E-state index contributed by atoms with van der Waals surface area (Å²) in [6.07, 6.45) is -1.77. The van der Waals surface area contributed by atoms with E-state index in [-0.39, 0.29) is 22.7 Å². The Kier molecular flexibility index (Phi) is 5.40. The standard InChI is InChI=1S/C18H23F3N2O3S/c1-10(2)8-12-15(17(12,3)4)16(24)22-14-9-11(18(19,20)21)6-7-13(14)23-27(5,25)26/h6-9,12,15,23H,1-5H3,(H,22,24)/t12-,15+/m1/s1. The van der Waals surface area contributed by atoms with Gasteiger partial charge in [0, 0.05) is 0 Å². The summed E-state index contributed by atoms with van der Waals surface area (Å²) in [5.41, 5.74) is -0.599. The number of carbonyl (C=O) groups excluding carboxylic acids is 1. The van der Waals surface area contributed by atoms with Gasteiger partial charge in [0.1, 0.15) is 0 Å². The molecule has 0 heterocycles. The largest absolute Gasteiger partial charge is 0.416 e. The van der Waals surface area contributed by atoms with E-state index in [0.717, 1.165) is 30.0 Å². The van der Waals surface area contributed by atoms with Crippen LogP contribution in [0.15, 0.2) is 29.8 Å². The molecule has 9 heteroatoms. The van der Waals surface area contributed by atoms with Gasteiger partial charge in [0.15, 0.2) is 0 Å². The molecular formula is C18H23F3N2O3S. The van der Waals surface area contributed by atoms with Crippen LogP contribution in [0.2, 0.25) is 0 Å². The van der Waals surface area contributed by atoms with Crippen molar-refractivity contribution in [2.24, 2.45) is 17.3 Å². The van der Waals surface area contributed by atoms with Crippen LogP contribution in [-0.2, 0) is 21.0 Å². The molecule has 0 bridgehead atoms. The molecule has 1 saturated carbocycles. The number of rotatable bonds is 5. The van der Waals surface area contributed by atoms with E-state index in [1.165, 1.54) is 0 Å². The van der Waals surface area contributed by atoms with Crippen LogP contribution < -0.4 is 10.0 Å². The molecule has 5 nitrogen and oxygen atoms in total. The molecule has 0 spiro atoms. The normalized spacial score (nSPS) is 21.3. The monoisotopic (exact) mass is 404 g/mol. The second-order valence-electron chi connectivity index (χ2n) is 7.69. The summed E-state index contributed by atoms with van der Waals surface area (Å²) < 4.78 is 64.2. The van der Waals surface area contributed by atoms with Crippen LogP contribution in [0, 0.1) is 17.3 Å². The predicted molar refractivity (Wildman–Crippen MR) is 98.7 cm³/mol. The van der Waals surface area contributed by atoms with Crippen molar-refractivity contribution >= 4 is 27.3 Å². The molecule has 0 unspecified atom stereocenters. The Labute approximate surface area is 157 Å². The number of nitrogens with one attached hydrogen (secondary N) is 2. The third-order valence-corrected chi connectivity index (χ3v) is 5.20. The van der Waals surface area contributed by atoms with Gasteiger partial charge in [-0.1, -0.05) is 25.5 Å². The molecular weight excluding hydrogens is 381 g/mol. The van der Waals surface area contributed by atoms with Gasteiger partial charge >= 0.3 is 6.18 Å². The average molecular weight is 404 g/mol. The predicted octanol–water partition coefficient (Wildman–Crippen LogP) is 4.25. The number of sulfonamides is 1. The van der Waals surface area contributed by atoms with Gasteiger partial charge in [-0.2, -0.15) is 13.2 Å². The quantitative estimate of drug-likeness (QED) is 0.721. The van der Waals surface area contributed by atoms with Crippen LogP contribution in [0.3, 0.4) is 0 Å². The fourth-order valence-electron chi connectivity index (χ4n) is 3.17. The molecule has 1 aliphatic carbocycles. The minimum atomic E-state index is -4.62. The fourth-order valence-corrected chi connectivity index (χ4v) is 3.75. The molecule has 2 N–H and O–H groups in total. The number of carbonyl (C=O) groups is 1. The highest BCUT2D eigenvalue weighted by molar-refractivity contribution is 7.92. The summed E-state index contributed by atoms with van der Waals surface area (Å²) in [5, 5.41) is 2.47. The van der Waals surface area contributed by atoms with Gasteiger partial charge in [-0.05, 0) is 43.4 Å². The zero-order valence-electron chi connectivity index (χ0n) is 15.7. The summed E-state index contributed by atoms with van der Waals surface area (Å²) >= 11 is 0. The van der Waals surface area contributed by atoms with E-state index in [1.54, 1.807) is 0 Å². The van der Waals surface area contributed by atoms with Crippen molar-refractivity contribution in [1.29, 1.82) is 0 Å². The number of halogens is 3. The molecule has 1 aromatic carbocycles. The first-order valence-corrected chi connectivity index (χ1v) is 10.2. The fraction of sp³-hybridized carbons (Fsp3) is 0.500. The van der Waals surface area contributed by atoms with Crippen LogP contribution in [0.5, 0.6) is 0 Å². The van der Waals surface area contributed by atoms with Crippen LogP contribution in [0.25, 0.3) is 0 Å². The first-order chi connectivity index (χ1) is 12.1. The first-order valence-electron chi connectivity index (χ1n) is 8.28. The topological polar surface area (TPSA) is 75.3 Å².